The van der Waals surface area contributed by atoms with Gasteiger partial charge in [0.25, 0.3) is 0 Å². The molecule has 40 heavy (non-hydrogen) atoms. The molecule has 2 aliphatic rings. The van der Waals surface area contributed by atoms with E-state index in [4.69, 9.17) is 4.98 Å². The first kappa shape index (κ1) is 20.7. The number of benzene rings is 7. The highest BCUT2D eigenvalue weighted by atomic mass is 14.7. The Balaban J connectivity index is 1.35. The molecule has 0 saturated carbocycles. The van der Waals surface area contributed by atoms with Crippen LogP contribution in [0, 0.1) is 0 Å². The van der Waals surface area contributed by atoms with Crippen molar-refractivity contribution >= 4 is 43.1 Å². The molecule has 0 atom stereocenters. The SMILES string of the molecule is c1ccc2c(c1)-c1cccc3c1c-2cc1c2ccccc2c(-c2cc4c5c(cccc5c2)-c2ncccc2-4)cc31. The Morgan fingerprint density at radius 1 is 0.350 bits per heavy atom. The lowest BCUT2D eigenvalue weighted by Crippen LogP contribution is -1.88. The van der Waals surface area contributed by atoms with Crippen molar-refractivity contribution in [3.63, 3.8) is 0 Å². The second kappa shape index (κ2) is 7.22. The number of hydrogen-bond acceptors (Lipinski definition) is 1. The van der Waals surface area contributed by atoms with Crippen LogP contribution >= 0.6 is 0 Å². The molecule has 1 nitrogen and oxygen atoms in total. The van der Waals surface area contributed by atoms with E-state index in [1.54, 1.807) is 0 Å². The van der Waals surface area contributed by atoms with Gasteiger partial charge in [0.1, 0.15) is 0 Å². The molecular weight excluding hydrogens is 482 g/mol. The van der Waals surface area contributed by atoms with Crippen LogP contribution in [0.2, 0.25) is 0 Å². The third-order valence-corrected chi connectivity index (χ3v) is 9.15. The fourth-order valence-corrected chi connectivity index (χ4v) is 7.52. The molecule has 1 aromatic heterocycles. The lowest BCUT2D eigenvalue weighted by Gasteiger charge is -2.15. The van der Waals surface area contributed by atoms with Crippen LogP contribution in [-0.4, -0.2) is 4.98 Å². The van der Waals surface area contributed by atoms with E-state index >= 15 is 0 Å². The number of pyridine rings is 1. The van der Waals surface area contributed by atoms with Gasteiger partial charge in [-0.2, -0.15) is 0 Å². The van der Waals surface area contributed by atoms with E-state index in [-0.39, 0.29) is 0 Å². The molecule has 0 amide bonds. The van der Waals surface area contributed by atoms with Gasteiger partial charge in [-0.3, -0.25) is 4.98 Å². The van der Waals surface area contributed by atoms with Crippen LogP contribution in [0.3, 0.4) is 0 Å². The largest absolute Gasteiger partial charge is 0.256 e. The van der Waals surface area contributed by atoms with Crippen molar-refractivity contribution in [2.75, 3.05) is 0 Å². The summed E-state index contributed by atoms with van der Waals surface area (Å²) in [6.07, 6.45) is 1.90. The van der Waals surface area contributed by atoms with E-state index in [0.29, 0.717) is 0 Å². The van der Waals surface area contributed by atoms with E-state index in [0.717, 1.165) is 5.69 Å². The van der Waals surface area contributed by atoms with Gasteiger partial charge in [-0.05, 0) is 112 Å². The molecule has 0 bridgehead atoms. The number of rotatable bonds is 1. The summed E-state index contributed by atoms with van der Waals surface area (Å²) in [4.78, 5) is 4.77. The fourth-order valence-electron chi connectivity index (χ4n) is 7.52. The summed E-state index contributed by atoms with van der Waals surface area (Å²) >= 11 is 0. The van der Waals surface area contributed by atoms with Crippen LogP contribution in [0.1, 0.15) is 0 Å². The quantitative estimate of drug-likeness (QED) is 0.203. The Bertz CT molecular complexity index is 2430. The molecule has 0 fully saturated rings. The molecule has 10 rings (SSSR count). The first-order valence-corrected chi connectivity index (χ1v) is 13.9. The first-order valence-electron chi connectivity index (χ1n) is 13.9. The molecule has 182 valence electrons. The maximum Gasteiger partial charge on any atom is 0.0786 e. The summed E-state index contributed by atoms with van der Waals surface area (Å²) in [5.74, 6) is 0. The average molecular weight is 504 g/mol. The fraction of sp³-hybridized carbons (Fsp3) is 0. The smallest absolute Gasteiger partial charge is 0.0786 e. The summed E-state index contributed by atoms with van der Waals surface area (Å²) in [6, 6.07) is 45.1. The maximum absolute atomic E-state index is 4.77. The second-order valence-electron chi connectivity index (χ2n) is 11.1. The zero-order chi connectivity index (χ0) is 25.9. The normalized spacial score (nSPS) is 12.5. The lowest BCUT2D eigenvalue weighted by atomic mass is 9.88. The van der Waals surface area contributed by atoms with Crippen LogP contribution in [0.4, 0.5) is 0 Å². The monoisotopic (exact) mass is 503 g/mol. The summed E-state index contributed by atoms with van der Waals surface area (Å²) in [5.41, 5.74) is 12.7. The van der Waals surface area contributed by atoms with Crippen molar-refractivity contribution in [1.82, 2.24) is 4.98 Å². The van der Waals surface area contributed by atoms with Gasteiger partial charge in [0.2, 0.25) is 0 Å². The van der Waals surface area contributed by atoms with Crippen molar-refractivity contribution in [1.29, 1.82) is 0 Å². The molecule has 0 aliphatic heterocycles. The average Bonchev–Trinajstić information content (AvgIpc) is 3.52. The van der Waals surface area contributed by atoms with Gasteiger partial charge in [-0.1, -0.05) is 91.0 Å². The Morgan fingerprint density at radius 2 is 1.00 bits per heavy atom. The third-order valence-electron chi connectivity index (χ3n) is 9.15. The van der Waals surface area contributed by atoms with Gasteiger partial charge >= 0.3 is 0 Å². The molecule has 1 heteroatoms. The minimum atomic E-state index is 1.09. The Kier molecular flexibility index (Phi) is 3.73. The highest BCUT2D eigenvalue weighted by Gasteiger charge is 2.25. The maximum atomic E-state index is 4.77. The lowest BCUT2D eigenvalue weighted by molar-refractivity contribution is 1.35. The van der Waals surface area contributed by atoms with Crippen molar-refractivity contribution < 1.29 is 0 Å². The van der Waals surface area contributed by atoms with Gasteiger partial charge in [-0.25, -0.2) is 0 Å². The van der Waals surface area contributed by atoms with Crippen molar-refractivity contribution in [2.45, 2.75) is 0 Å². The zero-order valence-corrected chi connectivity index (χ0v) is 21.6. The summed E-state index contributed by atoms with van der Waals surface area (Å²) < 4.78 is 0. The molecule has 0 radical (unpaired) electrons. The van der Waals surface area contributed by atoms with Crippen LogP contribution < -0.4 is 0 Å². The summed E-state index contributed by atoms with van der Waals surface area (Å²) in [7, 11) is 0. The second-order valence-corrected chi connectivity index (χ2v) is 11.1. The van der Waals surface area contributed by atoms with E-state index < -0.39 is 0 Å². The van der Waals surface area contributed by atoms with Crippen LogP contribution in [0.5, 0.6) is 0 Å². The number of hydrogen-bond donors (Lipinski definition) is 0. The van der Waals surface area contributed by atoms with Crippen molar-refractivity contribution in [3.05, 3.63) is 128 Å². The van der Waals surface area contributed by atoms with Gasteiger partial charge in [-0.15, -0.1) is 0 Å². The zero-order valence-electron chi connectivity index (χ0n) is 21.6. The summed E-state index contributed by atoms with van der Waals surface area (Å²) in [5, 5.41) is 10.5. The standard InChI is InChI=1S/C39H21N/c1-4-12-27-24(9-1)28-13-6-14-29-34-20-32(25-10-2-3-11-26(25)33(34)21-36(27)38(28)29)23-18-22-8-5-15-31-37(22)35(19-23)30-16-7-17-40-39(30)31/h1-21H. The molecular formula is C39H21N. The van der Waals surface area contributed by atoms with Crippen LogP contribution in [-0.2, 0) is 0 Å². The molecule has 0 saturated heterocycles. The van der Waals surface area contributed by atoms with E-state index in [1.807, 2.05) is 6.20 Å². The molecule has 1 heterocycles. The van der Waals surface area contributed by atoms with E-state index in [9.17, 15) is 0 Å². The van der Waals surface area contributed by atoms with Crippen molar-refractivity contribution in [3.8, 4) is 55.8 Å². The highest BCUT2D eigenvalue weighted by Crippen LogP contribution is 2.52. The molecule has 0 spiro atoms. The predicted molar refractivity (Wildman–Crippen MR) is 169 cm³/mol. The molecule has 7 aromatic carbocycles. The number of aromatic nitrogens is 1. The summed E-state index contributed by atoms with van der Waals surface area (Å²) in [6.45, 7) is 0. The van der Waals surface area contributed by atoms with Gasteiger partial charge in [0.05, 0.1) is 5.69 Å². The number of fused-ring (bicyclic) bond motifs is 10. The van der Waals surface area contributed by atoms with E-state index in [1.165, 1.54) is 93.2 Å². The molecule has 0 N–H and O–H groups in total. The third kappa shape index (κ3) is 2.46. The van der Waals surface area contributed by atoms with E-state index in [2.05, 4.69) is 121 Å². The predicted octanol–water partition coefficient (Wildman–Crippen LogP) is 10.7. The minimum absolute atomic E-state index is 1.09. The van der Waals surface area contributed by atoms with Crippen LogP contribution in [0.25, 0.3) is 98.9 Å². The molecule has 0 unspecified atom stereocenters. The molecule has 8 aromatic rings. The van der Waals surface area contributed by atoms with Gasteiger partial charge in [0.15, 0.2) is 0 Å². The highest BCUT2D eigenvalue weighted by molar-refractivity contribution is 6.29. The van der Waals surface area contributed by atoms with Crippen LogP contribution in [0.15, 0.2) is 128 Å². The topological polar surface area (TPSA) is 12.9 Å². The minimum Gasteiger partial charge on any atom is -0.256 e. The van der Waals surface area contributed by atoms with Crippen molar-refractivity contribution in [2.24, 2.45) is 0 Å². The number of nitrogens with zero attached hydrogens (tertiary/aromatic N) is 1. The Hall–Kier alpha value is -5.27. The van der Waals surface area contributed by atoms with Gasteiger partial charge in [0, 0.05) is 17.3 Å². The first-order chi connectivity index (χ1) is 19.8. The van der Waals surface area contributed by atoms with Gasteiger partial charge < -0.3 is 0 Å². The Labute approximate surface area is 231 Å². The Morgan fingerprint density at radius 3 is 1.93 bits per heavy atom. The molecule has 2 aliphatic carbocycles.